The summed E-state index contributed by atoms with van der Waals surface area (Å²) in [5.74, 6) is -2.33. The first-order chi connectivity index (χ1) is 12.9. The van der Waals surface area contributed by atoms with Crippen LogP contribution in [0.1, 0.15) is 28.8 Å². The van der Waals surface area contributed by atoms with E-state index in [0.29, 0.717) is 5.56 Å². The highest BCUT2D eigenvalue weighted by Crippen LogP contribution is 2.27. The number of nitrogens with zero attached hydrogens (tertiary/aromatic N) is 1. The van der Waals surface area contributed by atoms with Gasteiger partial charge in [-0.3, -0.25) is 14.4 Å². The minimum atomic E-state index is -1.17. The van der Waals surface area contributed by atoms with Crippen molar-refractivity contribution >= 4 is 22.8 Å². The van der Waals surface area contributed by atoms with Gasteiger partial charge in [-0.1, -0.05) is 18.2 Å². The predicted octanol–water partition coefficient (Wildman–Crippen LogP) is 2.27. The third kappa shape index (κ3) is 3.61. The van der Waals surface area contributed by atoms with E-state index in [-0.39, 0.29) is 34.1 Å². The molecule has 0 radical (unpaired) electrons. The maximum Gasteiger partial charge on any atom is 0.303 e. The number of aliphatic carboxylic acids is 1. The maximum absolute atomic E-state index is 14.1. The Morgan fingerprint density at radius 3 is 2.59 bits per heavy atom. The Bertz CT molecular complexity index is 1110. The van der Waals surface area contributed by atoms with Gasteiger partial charge in [-0.15, -0.1) is 0 Å². The number of benzene rings is 1. The summed E-state index contributed by atoms with van der Waals surface area (Å²) in [7, 11) is 0. The van der Waals surface area contributed by atoms with Gasteiger partial charge >= 0.3 is 5.97 Å². The Morgan fingerprint density at radius 2 is 1.93 bits per heavy atom. The Morgan fingerprint density at radius 1 is 1.19 bits per heavy atom. The van der Waals surface area contributed by atoms with Crippen molar-refractivity contribution in [3.63, 3.8) is 0 Å². The van der Waals surface area contributed by atoms with Crippen LogP contribution >= 0.6 is 0 Å². The van der Waals surface area contributed by atoms with E-state index in [1.54, 1.807) is 18.2 Å². The molecule has 27 heavy (non-hydrogen) atoms. The first-order valence-corrected chi connectivity index (χ1v) is 8.08. The summed E-state index contributed by atoms with van der Waals surface area (Å²) >= 11 is 0. The average molecular weight is 370 g/mol. The van der Waals surface area contributed by atoms with Gasteiger partial charge in [0.15, 0.2) is 5.78 Å². The molecule has 0 aliphatic rings. The van der Waals surface area contributed by atoms with E-state index >= 15 is 0 Å². The predicted molar refractivity (Wildman–Crippen MR) is 94.9 cm³/mol. The van der Waals surface area contributed by atoms with Gasteiger partial charge in [0.25, 0.3) is 5.56 Å². The fraction of sp³-hybridized carbons (Fsp3) is 0.158. The molecule has 0 saturated carbocycles. The Labute approximate surface area is 152 Å². The van der Waals surface area contributed by atoms with E-state index in [9.17, 15) is 23.9 Å². The number of nitrogens with one attached hydrogen (secondary N) is 1. The molecular weight excluding hydrogens is 355 g/mol. The minimum absolute atomic E-state index is 0.0369. The fourth-order valence-corrected chi connectivity index (χ4v) is 2.88. The molecule has 2 aromatic heterocycles. The van der Waals surface area contributed by atoms with Crippen molar-refractivity contribution in [2.24, 2.45) is 0 Å². The number of Topliss-reactive ketones (excluding diaryl/α,β-unsaturated/α-hetero) is 1. The van der Waals surface area contributed by atoms with Crippen LogP contribution in [0.5, 0.6) is 0 Å². The van der Waals surface area contributed by atoms with E-state index in [4.69, 9.17) is 5.11 Å². The summed E-state index contributed by atoms with van der Waals surface area (Å²) in [4.78, 5) is 41.8. The second kappa shape index (κ2) is 7.46. The van der Waals surface area contributed by atoms with Crippen LogP contribution in [-0.2, 0) is 11.4 Å². The summed E-state index contributed by atoms with van der Waals surface area (Å²) in [6, 6.07) is 7.57. The van der Waals surface area contributed by atoms with Crippen molar-refractivity contribution in [2.45, 2.75) is 19.4 Å². The van der Waals surface area contributed by atoms with Crippen molar-refractivity contribution in [1.82, 2.24) is 9.97 Å². The van der Waals surface area contributed by atoms with Crippen LogP contribution < -0.4 is 5.56 Å². The van der Waals surface area contributed by atoms with Gasteiger partial charge in [0.1, 0.15) is 11.5 Å². The van der Waals surface area contributed by atoms with Gasteiger partial charge in [-0.2, -0.15) is 0 Å². The van der Waals surface area contributed by atoms with E-state index in [1.165, 1.54) is 18.3 Å². The van der Waals surface area contributed by atoms with Crippen molar-refractivity contribution in [3.05, 3.63) is 63.8 Å². The van der Waals surface area contributed by atoms with Gasteiger partial charge in [0, 0.05) is 34.7 Å². The molecule has 0 bridgehead atoms. The van der Waals surface area contributed by atoms with Crippen LogP contribution in [0.25, 0.3) is 22.2 Å². The third-order valence-electron chi connectivity index (χ3n) is 4.16. The largest absolute Gasteiger partial charge is 0.481 e. The lowest BCUT2D eigenvalue weighted by Crippen LogP contribution is -2.22. The highest BCUT2D eigenvalue weighted by molar-refractivity contribution is 6.02. The second-order valence-corrected chi connectivity index (χ2v) is 5.88. The lowest BCUT2D eigenvalue weighted by atomic mass is 9.98. The number of aliphatic hydroxyl groups is 1. The number of aromatic nitrogens is 2. The number of hydrogen-bond donors (Lipinski definition) is 3. The highest BCUT2D eigenvalue weighted by atomic mass is 19.1. The number of hydrogen-bond acceptors (Lipinski definition) is 5. The van der Waals surface area contributed by atoms with Crippen LogP contribution in [0.15, 0.2) is 41.3 Å². The molecule has 8 heteroatoms. The number of halogens is 1. The normalized spacial score (nSPS) is 10.9. The molecule has 0 fully saturated rings. The molecule has 0 aliphatic carbocycles. The number of H-pyrrole nitrogens is 1. The topological polar surface area (TPSA) is 120 Å². The molecule has 0 unspecified atom stereocenters. The number of aromatic amines is 1. The van der Waals surface area contributed by atoms with Gasteiger partial charge in [0.2, 0.25) is 0 Å². The number of carbonyl (C=O) groups excluding carboxylic acids is 1. The van der Waals surface area contributed by atoms with Gasteiger partial charge in [0.05, 0.1) is 18.6 Å². The molecule has 2 heterocycles. The molecule has 0 aliphatic heterocycles. The highest BCUT2D eigenvalue weighted by Gasteiger charge is 2.20. The third-order valence-corrected chi connectivity index (χ3v) is 4.16. The number of carboxylic acid groups (broad SMARTS) is 1. The SMILES string of the molecule is O=C(O)CCC(=O)c1c(CO)c2cc(-c3ccccc3F)cnc2[nH]c1=O. The Hall–Kier alpha value is -3.39. The number of carbonyl (C=O) groups is 2. The molecule has 3 N–H and O–H groups in total. The molecule has 0 spiro atoms. The summed E-state index contributed by atoms with van der Waals surface area (Å²) in [5.41, 5.74) is -0.201. The van der Waals surface area contributed by atoms with Gasteiger partial charge < -0.3 is 15.2 Å². The zero-order valence-electron chi connectivity index (χ0n) is 14.0. The lowest BCUT2D eigenvalue weighted by Gasteiger charge is -2.11. The number of carboxylic acids is 1. The van der Waals surface area contributed by atoms with Gasteiger partial charge in [-0.25, -0.2) is 9.37 Å². The first-order valence-electron chi connectivity index (χ1n) is 8.08. The number of aliphatic hydroxyl groups excluding tert-OH is 1. The standard InChI is InChI=1S/C19H15FN2O5/c20-14-4-2-1-3-11(14)10-7-12-13(9-23)17(15(24)5-6-16(25)26)19(27)22-18(12)21-8-10/h1-4,7-8,23H,5-6,9H2,(H,25,26)(H,21,22,27). The molecule has 3 rings (SSSR count). The van der Waals surface area contributed by atoms with E-state index in [1.807, 2.05) is 0 Å². The first kappa shape index (κ1) is 18.4. The fourth-order valence-electron chi connectivity index (χ4n) is 2.88. The smallest absolute Gasteiger partial charge is 0.303 e. The maximum atomic E-state index is 14.1. The van der Waals surface area contributed by atoms with Crippen molar-refractivity contribution in [3.8, 4) is 11.1 Å². The van der Waals surface area contributed by atoms with E-state index < -0.39 is 36.2 Å². The van der Waals surface area contributed by atoms with Gasteiger partial charge in [-0.05, 0) is 12.1 Å². The van der Waals surface area contributed by atoms with Crippen LogP contribution in [0.4, 0.5) is 4.39 Å². The summed E-state index contributed by atoms with van der Waals surface area (Å²) in [6.07, 6.45) is 0.565. The van der Waals surface area contributed by atoms with Crippen molar-refractivity contribution in [1.29, 1.82) is 0 Å². The lowest BCUT2D eigenvalue weighted by molar-refractivity contribution is -0.136. The average Bonchev–Trinajstić information content (AvgIpc) is 2.65. The molecular formula is C19H15FN2O5. The number of ketones is 1. The molecule has 0 saturated heterocycles. The quantitative estimate of drug-likeness (QED) is 0.573. The molecule has 1 aromatic carbocycles. The zero-order valence-corrected chi connectivity index (χ0v) is 14.0. The van der Waals surface area contributed by atoms with Crippen molar-refractivity contribution < 1.29 is 24.2 Å². The van der Waals surface area contributed by atoms with Crippen LogP contribution in [0.2, 0.25) is 0 Å². The number of rotatable bonds is 6. The van der Waals surface area contributed by atoms with E-state index in [0.717, 1.165) is 0 Å². The monoisotopic (exact) mass is 370 g/mol. The second-order valence-electron chi connectivity index (χ2n) is 5.88. The molecule has 138 valence electrons. The summed E-state index contributed by atoms with van der Waals surface area (Å²) < 4.78 is 14.1. The number of fused-ring (bicyclic) bond motifs is 1. The molecule has 0 amide bonds. The summed E-state index contributed by atoms with van der Waals surface area (Å²) in [6.45, 7) is -0.628. The number of pyridine rings is 2. The zero-order chi connectivity index (χ0) is 19.6. The van der Waals surface area contributed by atoms with Crippen molar-refractivity contribution in [2.75, 3.05) is 0 Å². The molecule has 7 nitrogen and oxygen atoms in total. The summed E-state index contributed by atoms with van der Waals surface area (Å²) in [5, 5.41) is 18.8. The van der Waals surface area contributed by atoms with E-state index in [2.05, 4.69) is 9.97 Å². The van der Waals surface area contributed by atoms with Crippen LogP contribution in [0.3, 0.4) is 0 Å². The molecule has 3 aromatic rings. The Balaban J connectivity index is 2.19. The van der Waals surface area contributed by atoms with Crippen LogP contribution in [-0.4, -0.2) is 31.9 Å². The minimum Gasteiger partial charge on any atom is -0.481 e. The van der Waals surface area contributed by atoms with Crippen LogP contribution in [0, 0.1) is 5.82 Å². The molecule has 0 atom stereocenters. The Kier molecular flexibility index (Phi) is 5.09.